The number of hydrogen-bond acceptors (Lipinski definition) is 21. The van der Waals surface area contributed by atoms with Crippen LogP contribution in [0, 0.1) is 32.6 Å². The maximum absolute atomic E-state index is 14.8. The van der Waals surface area contributed by atoms with E-state index >= 15 is 0 Å². The number of nitrogens with zero attached hydrogens (tertiary/aromatic N) is 3. The minimum Gasteiger partial charge on any atom is -0.488 e. The average Bonchev–Trinajstić information content (AvgIpc) is 1.65. The van der Waals surface area contributed by atoms with E-state index in [1.807, 2.05) is 95.2 Å². The van der Waals surface area contributed by atoms with E-state index in [9.17, 15) is 46.8 Å². The summed E-state index contributed by atoms with van der Waals surface area (Å²) in [4.78, 5) is 121. The zero-order valence-electron chi connectivity index (χ0n) is 62.3. The Hall–Kier alpha value is -6.50. The van der Waals surface area contributed by atoms with Crippen LogP contribution >= 0.6 is 15.9 Å². The van der Waals surface area contributed by atoms with Gasteiger partial charge in [0.05, 0.1) is 49.0 Å². The third kappa shape index (κ3) is 32.4. The van der Waals surface area contributed by atoms with Crippen LogP contribution in [0.4, 0.5) is 0 Å². The van der Waals surface area contributed by atoms with Crippen LogP contribution in [0.25, 0.3) is 0 Å². The Bertz CT molecular complexity index is 3210. The lowest BCUT2D eigenvalue weighted by Gasteiger charge is -2.33. The summed E-state index contributed by atoms with van der Waals surface area (Å²) >= 11 is 3.34. The summed E-state index contributed by atoms with van der Waals surface area (Å²) in [5, 5.41) is 14.9. The van der Waals surface area contributed by atoms with Gasteiger partial charge in [0.1, 0.15) is 45.5 Å². The molecule has 101 heavy (non-hydrogen) atoms. The standard InChI is InChI=1S/C53H81BrN8O12S.C18H35N3O4.CH4/c1-31-32(2)47(33(3)38-29-53(10,11)73-45(31)38)75(69,70)62-50(55)58-25-15-17-39-49(68)59-30-43(65)60-40(28-44(66)72-52(7,8)9)41(63)27-35(26-34-19-21-36(22-20-34)71-51(4,5)6)46(74-56)37(48(67)61-39)16-12-13-24-57-42(64)18-14-23-54;1-17(2,3)24-15(22)13-20-9-7-19-8-10-21(12-11-20)14-16(23)25-18(4,5)6;/h19-22,35,37,39-40,46H,12-18,23-30,56H2,1-11H3,(H,57,64)(H,59,68)(H,60,65)(H,61,67)(H3,55,58,62);19H,7-14H2,1-6H3;1H4/t35-,37+,39?,40?,46?;;/m0../s1. The number of ether oxygens (including phenoxy) is 5. The molecule has 0 aliphatic carbocycles. The van der Waals surface area contributed by atoms with Gasteiger partial charge in [0.25, 0.3) is 10.0 Å². The van der Waals surface area contributed by atoms with Gasteiger partial charge in [0.15, 0.2) is 5.78 Å². The van der Waals surface area contributed by atoms with Gasteiger partial charge in [-0.05, 0) is 197 Å². The zero-order chi connectivity index (χ0) is 75.1. The van der Waals surface area contributed by atoms with Crippen molar-refractivity contribution in [3.8, 4) is 11.5 Å². The Balaban J connectivity index is 0.000000857. The normalized spacial score (nSPS) is 20.2. The number of Topliss-reactive ketones (excluding diaryl/α,β-unsaturated/α-hetero) is 1. The lowest BCUT2D eigenvalue weighted by molar-refractivity contribution is -0.158. The summed E-state index contributed by atoms with van der Waals surface area (Å²) in [6.07, 6.45) is 0.738. The van der Waals surface area contributed by atoms with E-state index in [-0.39, 0.29) is 87.9 Å². The Morgan fingerprint density at radius 3 is 1.85 bits per heavy atom. The van der Waals surface area contributed by atoms with Crippen molar-refractivity contribution in [3.05, 3.63) is 52.1 Å². The summed E-state index contributed by atoms with van der Waals surface area (Å²) in [6, 6.07) is 4.56. The van der Waals surface area contributed by atoms with E-state index in [1.165, 1.54) is 0 Å². The predicted molar refractivity (Wildman–Crippen MR) is 393 cm³/mol. The molecule has 0 saturated carbocycles. The SMILES string of the molecule is C.CC(C)(C)OC(=O)CN1CCNCCN(CC(=O)OC(C)(C)C)CC1.Cc1c(C)c(S(=O)(=O)NC(N)=NCCCC2NC(=O)[C@H](CCCCNC(=O)CCCBr)C(ON)[C@@H](Cc3ccc(OC(C)(C)C)cc3)CC(=O)C(CC(=O)OC(C)(C)C)NC(=O)CNC2=O)c(C)c2c1OC(C)(C)C2. The number of alkyl halides is 1. The number of esters is 3. The molecule has 29 heteroatoms. The molecular formula is C72H120BrN11O16S. The maximum Gasteiger partial charge on any atom is 0.320 e. The fourth-order valence-corrected chi connectivity index (χ4v) is 13.6. The van der Waals surface area contributed by atoms with Gasteiger partial charge in [-0.15, -0.1) is 0 Å². The van der Waals surface area contributed by atoms with Crippen LogP contribution in [0.1, 0.15) is 190 Å². The van der Waals surface area contributed by atoms with Crippen molar-refractivity contribution in [1.29, 1.82) is 0 Å². The fourth-order valence-electron chi connectivity index (χ4n) is 11.8. The number of carbonyl (C=O) groups excluding carboxylic acids is 8. The lowest BCUT2D eigenvalue weighted by Crippen LogP contribution is -2.55. The number of fused-ring (bicyclic) bond motifs is 1. The summed E-state index contributed by atoms with van der Waals surface area (Å²) in [6.45, 7) is 35.9. The number of sulfonamides is 1. The fraction of sp³-hybridized carbons (Fsp3) is 0.708. The van der Waals surface area contributed by atoms with Crippen LogP contribution in [0.15, 0.2) is 34.2 Å². The second kappa shape index (κ2) is 40.0. The Kier molecular flexibility index (Phi) is 35.1. The van der Waals surface area contributed by atoms with E-state index < -0.39 is 110 Å². The quantitative estimate of drug-likeness (QED) is 0.0108. The number of carbonyl (C=O) groups is 8. The first-order valence-corrected chi connectivity index (χ1v) is 37.3. The first-order valence-electron chi connectivity index (χ1n) is 34.7. The van der Waals surface area contributed by atoms with Gasteiger partial charge in [0.2, 0.25) is 29.6 Å². The highest BCUT2D eigenvalue weighted by molar-refractivity contribution is 9.09. The number of rotatable bonds is 24. The highest BCUT2D eigenvalue weighted by Crippen LogP contribution is 2.44. The first-order chi connectivity index (χ1) is 46.4. The molecule has 0 bridgehead atoms. The van der Waals surface area contributed by atoms with Crippen LogP contribution in [-0.2, 0) is 80.3 Å². The van der Waals surface area contributed by atoms with Gasteiger partial charge >= 0.3 is 17.9 Å². The molecule has 4 amide bonds. The van der Waals surface area contributed by atoms with Gasteiger partial charge in [-0.2, -0.15) is 0 Å². The molecule has 3 aliphatic heterocycles. The lowest BCUT2D eigenvalue weighted by atomic mass is 9.79. The van der Waals surface area contributed by atoms with Gasteiger partial charge < -0.3 is 60.8 Å². The highest BCUT2D eigenvalue weighted by atomic mass is 79.9. The maximum atomic E-state index is 14.8. The Morgan fingerprint density at radius 2 is 1.31 bits per heavy atom. The molecule has 0 radical (unpaired) electrons. The van der Waals surface area contributed by atoms with Crippen LogP contribution in [0.5, 0.6) is 11.5 Å². The zero-order valence-corrected chi connectivity index (χ0v) is 64.7. The highest BCUT2D eigenvalue weighted by Gasteiger charge is 2.41. The second-order valence-electron chi connectivity index (χ2n) is 30.6. The Morgan fingerprint density at radius 1 is 0.733 bits per heavy atom. The molecule has 27 nitrogen and oxygen atoms in total. The summed E-state index contributed by atoms with van der Waals surface area (Å²) in [5.74, 6) is 1.10. The minimum absolute atomic E-state index is 0. The molecule has 0 spiro atoms. The van der Waals surface area contributed by atoms with Crippen LogP contribution in [0.3, 0.4) is 0 Å². The van der Waals surface area contributed by atoms with Crippen LogP contribution in [-0.4, -0.2) is 195 Å². The molecule has 3 aliphatic rings. The van der Waals surface area contributed by atoms with Crippen molar-refractivity contribution in [3.63, 3.8) is 0 Å². The minimum atomic E-state index is -4.22. The molecule has 3 unspecified atom stereocenters. The number of benzene rings is 2. The number of ketones is 1. The number of amides is 4. The predicted octanol–water partition coefficient (Wildman–Crippen LogP) is 6.37. The van der Waals surface area contributed by atoms with Gasteiger partial charge in [-0.3, -0.25) is 53.1 Å². The van der Waals surface area contributed by atoms with Crippen molar-refractivity contribution in [2.45, 2.75) is 247 Å². The number of nitrogens with two attached hydrogens (primary N) is 2. The molecular weight excluding hydrogens is 1390 g/mol. The Labute approximate surface area is 608 Å². The molecule has 10 N–H and O–H groups in total. The number of unbranched alkanes of at least 4 members (excludes halogenated alkanes) is 1. The molecule has 2 aromatic carbocycles. The molecule has 2 fully saturated rings. The molecule has 3 heterocycles. The van der Waals surface area contributed by atoms with Crippen LogP contribution in [0.2, 0.25) is 0 Å². The average molecular weight is 1510 g/mol. The van der Waals surface area contributed by atoms with Gasteiger partial charge in [-0.25, -0.2) is 19.0 Å². The number of halogens is 1. The number of hydrogen-bond donors (Lipinski definition) is 8. The third-order valence-corrected chi connectivity index (χ3v) is 18.4. The van der Waals surface area contributed by atoms with Gasteiger partial charge in [0, 0.05) is 82.5 Å². The number of aliphatic imine (C=N–C) groups is 1. The summed E-state index contributed by atoms with van der Waals surface area (Å²) in [7, 11) is -4.22. The molecule has 5 atom stereocenters. The van der Waals surface area contributed by atoms with E-state index in [4.69, 9.17) is 40.2 Å². The summed E-state index contributed by atoms with van der Waals surface area (Å²) in [5.41, 5.74) is 6.65. The molecule has 2 aromatic rings. The van der Waals surface area contributed by atoms with E-state index in [0.717, 1.165) is 37.3 Å². The van der Waals surface area contributed by atoms with E-state index in [1.54, 1.807) is 46.8 Å². The second-order valence-corrected chi connectivity index (χ2v) is 33.0. The van der Waals surface area contributed by atoms with Crippen molar-refractivity contribution >= 4 is 79.2 Å². The number of guanidine groups is 1. The van der Waals surface area contributed by atoms with Crippen LogP contribution < -0.4 is 52.4 Å². The molecule has 5 rings (SSSR count). The van der Waals surface area contributed by atoms with Crippen molar-refractivity contribution < 1.29 is 75.3 Å². The van der Waals surface area contributed by atoms with Crippen molar-refractivity contribution in [1.82, 2.24) is 41.1 Å². The van der Waals surface area contributed by atoms with Crippen molar-refractivity contribution in [2.75, 3.05) is 77.3 Å². The first kappa shape index (κ1) is 88.7. The molecule has 2 saturated heterocycles. The number of nitrogens with one attached hydrogen (secondary N) is 6. The molecule has 0 aromatic heterocycles. The monoisotopic (exact) mass is 1510 g/mol. The third-order valence-electron chi connectivity index (χ3n) is 16.3. The van der Waals surface area contributed by atoms with Crippen molar-refractivity contribution in [2.24, 2.45) is 28.5 Å². The summed E-state index contributed by atoms with van der Waals surface area (Å²) < 4.78 is 58.7. The van der Waals surface area contributed by atoms with Gasteiger partial charge in [-0.1, -0.05) is 41.9 Å². The molecule has 572 valence electrons. The van der Waals surface area contributed by atoms with E-state index in [0.29, 0.717) is 85.3 Å². The largest absolute Gasteiger partial charge is 0.488 e. The van der Waals surface area contributed by atoms with E-state index in [2.05, 4.69) is 62.0 Å². The smallest absolute Gasteiger partial charge is 0.320 e. The topological polar surface area (TPSA) is 369 Å².